The minimum atomic E-state index is -4.78. The maximum absolute atomic E-state index is 13.9. The van der Waals surface area contributed by atoms with E-state index in [0.29, 0.717) is 17.4 Å². The molecular weight excluding hydrogens is 613 g/mol. The molecule has 1 amide bonds. The van der Waals surface area contributed by atoms with Gasteiger partial charge < -0.3 is 36.2 Å². The van der Waals surface area contributed by atoms with E-state index in [9.17, 15) is 43.2 Å². The molecule has 1 aliphatic rings. The predicted octanol–water partition coefficient (Wildman–Crippen LogP) is 3.76. The topological polar surface area (TPSA) is 198 Å². The van der Waals surface area contributed by atoms with Gasteiger partial charge in [-0.3, -0.25) is 4.57 Å². The Hall–Kier alpha value is -3.96. The number of nitrogens with one attached hydrogen (secondary N) is 1. The Morgan fingerprint density at radius 2 is 1.66 bits per heavy atom. The van der Waals surface area contributed by atoms with Crippen LogP contribution in [0.4, 0.5) is 29.6 Å². The zero-order chi connectivity index (χ0) is 32.8. The number of carbonyl (C=O) groups excluding carboxylic acids is 1. The highest BCUT2D eigenvalue weighted by atomic mass is 35.5. The summed E-state index contributed by atoms with van der Waals surface area (Å²) in [5, 5.41) is 42.9. The van der Waals surface area contributed by atoms with Gasteiger partial charge >= 0.3 is 24.1 Å². The van der Waals surface area contributed by atoms with E-state index in [0.717, 1.165) is 25.1 Å². The molecule has 3 heterocycles. The van der Waals surface area contributed by atoms with Crippen molar-refractivity contribution in [1.82, 2.24) is 19.1 Å². The van der Waals surface area contributed by atoms with Crippen LogP contribution in [-0.4, -0.2) is 52.7 Å². The van der Waals surface area contributed by atoms with E-state index in [1.54, 1.807) is 0 Å². The van der Waals surface area contributed by atoms with Crippen LogP contribution in [0.15, 0.2) is 35.3 Å². The van der Waals surface area contributed by atoms with Crippen LogP contribution in [0.25, 0.3) is 21.9 Å². The van der Waals surface area contributed by atoms with Crippen molar-refractivity contribution in [2.75, 3.05) is 12.4 Å². The van der Waals surface area contributed by atoms with Crippen molar-refractivity contribution >= 4 is 51.3 Å². The van der Waals surface area contributed by atoms with E-state index < -0.39 is 40.7 Å². The van der Waals surface area contributed by atoms with Gasteiger partial charge in [0.25, 0.3) is 0 Å². The molecule has 1 fully saturated rings. The van der Waals surface area contributed by atoms with Crippen LogP contribution < -0.4 is 16.7 Å². The van der Waals surface area contributed by atoms with Gasteiger partial charge in [0.05, 0.1) is 41.0 Å². The lowest BCUT2D eigenvalue weighted by Gasteiger charge is -2.23. The maximum Gasteiger partial charge on any atom is 0.418 e. The number of aliphatic hydroxyl groups is 4. The maximum atomic E-state index is 13.9. The molecule has 238 valence electrons. The molecular formula is C27H30ClF3N6O7. The first-order valence-electron chi connectivity index (χ1n) is 13.2. The molecule has 17 heteroatoms. The zero-order valence-corrected chi connectivity index (χ0v) is 24.4. The van der Waals surface area contributed by atoms with Crippen molar-refractivity contribution in [1.29, 1.82) is 0 Å². The molecule has 1 saturated carbocycles. The number of hydrogen-bond donors (Lipinski definition) is 6. The number of pyridine rings is 2. The van der Waals surface area contributed by atoms with Gasteiger partial charge in [-0.1, -0.05) is 24.4 Å². The van der Waals surface area contributed by atoms with Gasteiger partial charge in [0.1, 0.15) is 11.6 Å². The predicted molar refractivity (Wildman–Crippen MR) is 153 cm³/mol. The number of aromatic nitrogens is 4. The first-order valence-corrected chi connectivity index (χ1v) is 13.6. The first kappa shape index (κ1) is 32.9. The van der Waals surface area contributed by atoms with Gasteiger partial charge in [0, 0.05) is 22.5 Å². The lowest BCUT2D eigenvalue weighted by atomic mass is 9.93. The number of hydrogen-bond acceptors (Lipinski definition) is 10. The Labute approximate surface area is 252 Å². The third kappa shape index (κ3) is 6.73. The average molecular weight is 643 g/mol. The number of methoxy groups -OCH3 is 1. The van der Waals surface area contributed by atoms with Crippen molar-refractivity contribution in [2.45, 2.75) is 63.4 Å². The summed E-state index contributed by atoms with van der Waals surface area (Å²) in [5.74, 6) is -0.00352. The van der Waals surface area contributed by atoms with E-state index in [-0.39, 0.29) is 44.7 Å². The Bertz CT molecular complexity index is 1770. The Balaban J connectivity index is 0.000000818. The number of alkyl halides is 3. The van der Waals surface area contributed by atoms with Crippen LogP contribution in [-0.2, 0) is 22.6 Å². The van der Waals surface area contributed by atoms with Crippen LogP contribution >= 0.6 is 11.6 Å². The molecule has 0 atom stereocenters. The van der Waals surface area contributed by atoms with E-state index in [4.69, 9.17) is 11.6 Å². The number of imidazole rings is 1. The number of halogens is 4. The molecule has 0 saturated heterocycles. The van der Waals surface area contributed by atoms with Crippen molar-refractivity contribution in [3.8, 4) is 0 Å². The largest absolute Gasteiger partial charge is 0.453 e. The second kappa shape index (κ2) is 11.9. The fourth-order valence-corrected chi connectivity index (χ4v) is 5.42. The van der Waals surface area contributed by atoms with Crippen molar-refractivity contribution in [3.63, 3.8) is 0 Å². The summed E-state index contributed by atoms with van der Waals surface area (Å²) >= 11 is 5.97. The summed E-state index contributed by atoms with van der Waals surface area (Å²) < 4.78 is 47.3. The summed E-state index contributed by atoms with van der Waals surface area (Å²) in [6, 6.07) is 4.57. The van der Waals surface area contributed by atoms with Crippen molar-refractivity contribution in [2.24, 2.45) is 5.73 Å². The van der Waals surface area contributed by atoms with Crippen LogP contribution in [0.2, 0.25) is 5.02 Å². The van der Waals surface area contributed by atoms with Crippen LogP contribution in [0.3, 0.4) is 0 Å². The number of nitrogens with zero attached hydrogens (tertiary/aromatic N) is 4. The molecule has 7 N–H and O–H groups in total. The quantitative estimate of drug-likeness (QED) is 0.174. The number of rotatable bonds is 5. The van der Waals surface area contributed by atoms with Crippen molar-refractivity contribution < 1.29 is 43.1 Å². The van der Waals surface area contributed by atoms with Gasteiger partial charge in [-0.15, -0.1) is 0 Å². The van der Waals surface area contributed by atoms with E-state index in [1.807, 2.05) is 0 Å². The third-order valence-electron chi connectivity index (χ3n) is 7.05. The number of carbonyl (C=O) groups is 1. The lowest BCUT2D eigenvalue weighted by Crippen LogP contribution is -2.41. The molecule has 13 nitrogen and oxygen atoms in total. The molecule has 0 unspecified atom stereocenters. The summed E-state index contributed by atoms with van der Waals surface area (Å²) in [6.07, 6.45) is -4.86. The molecule has 0 bridgehead atoms. The fraction of sp³-hybridized carbons (Fsp3) is 0.407. The molecule has 4 aromatic rings. The van der Waals surface area contributed by atoms with Gasteiger partial charge in [0.15, 0.2) is 0 Å². The molecule has 3 aromatic heterocycles. The SMILES string of the molecule is CC(C)(O)c1cc(Nc2cc3c(cn2)n(C(O)(O)O)c(=O)n3C2CCCC2)nc2c(C(F)(F)F)cc(Cl)cc12.COC(N)=O. The minimum Gasteiger partial charge on any atom is -0.453 e. The molecule has 0 aliphatic heterocycles. The van der Waals surface area contributed by atoms with Crippen LogP contribution in [0.5, 0.6) is 0 Å². The van der Waals surface area contributed by atoms with E-state index >= 15 is 0 Å². The van der Waals surface area contributed by atoms with Crippen molar-refractivity contribution in [3.05, 3.63) is 57.1 Å². The van der Waals surface area contributed by atoms with E-state index in [2.05, 4.69) is 25.8 Å². The van der Waals surface area contributed by atoms with Gasteiger partial charge in [-0.05, 0) is 50.5 Å². The highest BCUT2D eigenvalue weighted by Gasteiger charge is 2.36. The zero-order valence-electron chi connectivity index (χ0n) is 23.7. The monoisotopic (exact) mass is 642 g/mol. The molecule has 1 aliphatic carbocycles. The Morgan fingerprint density at radius 3 is 2.18 bits per heavy atom. The number of fused-ring (bicyclic) bond motifs is 2. The van der Waals surface area contributed by atoms with Gasteiger partial charge in [0.2, 0.25) is 0 Å². The summed E-state index contributed by atoms with van der Waals surface area (Å²) in [7, 11) is 1.22. The third-order valence-corrected chi connectivity index (χ3v) is 7.27. The Morgan fingerprint density at radius 1 is 1.05 bits per heavy atom. The molecule has 0 radical (unpaired) electrons. The average Bonchev–Trinajstić information content (AvgIpc) is 3.52. The standard InChI is InChI=1S/C25H25ClF3N5O5.C2H5NO2/c1-23(2,36)15-9-20(32-21-14(15)7-12(26)8-16(21)24(27,28)29)31-19-10-17-18(11-30-19)34(25(37,38)39)22(35)33(17)13-5-3-4-6-13;1-5-2(3)4/h7-11,13,36-39H,3-6H2,1-2H3,(H,30,31,32);1H3,(H2,3,4). The number of amides is 1. The van der Waals surface area contributed by atoms with Crippen LogP contribution in [0.1, 0.15) is 56.7 Å². The molecule has 1 aromatic carbocycles. The minimum absolute atomic E-state index is 0.0219. The molecule has 0 spiro atoms. The number of benzene rings is 1. The summed E-state index contributed by atoms with van der Waals surface area (Å²) in [4.78, 5) is 30.8. The number of primary amides is 1. The highest BCUT2D eigenvalue weighted by Crippen LogP contribution is 2.40. The lowest BCUT2D eigenvalue weighted by molar-refractivity contribution is -0.374. The van der Waals surface area contributed by atoms with Gasteiger partial charge in [-0.2, -0.15) is 13.2 Å². The summed E-state index contributed by atoms with van der Waals surface area (Å²) in [6.45, 7) is 2.83. The highest BCUT2D eigenvalue weighted by molar-refractivity contribution is 6.31. The second-order valence-electron chi connectivity index (χ2n) is 10.7. The molecule has 44 heavy (non-hydrogen) atoms. The van der Waals surface area contributed by atoms with Gasteiger partial charge in [-0.25, -0.2) is 24.1 Å². The smallest absolute Gasteiger partial charge is 0.418 e. The fourth-order valence-electron chi connectivity index (χ4n) is 5.20. The number of anilines is 2. The first-order chi connectivity index (χ1) is 20.3. The second-order valence-corrected chi connectivity index (χ2v) is 11.1. The normalized spacial score (nSPS) is 14.5. The van der Waals surface area contributed by atoms with E-state index in [1.165, 1.54) is 43.7 Å². The molecule has 5 rings (SSSR count). The number of ether oxygens (including phenoxy) is 1. The number of nitrogens with two attached hydrogens (primary N) is 1. The Kier molecular flexibility index (Phi) is 8.87. The summed E-state index contributed by atoms with van der Waals surface area (Å²) in [5.41, 5.74) is 0.761. The van der Waals surface area contributed by atoms with Crippen LogP contribution in [0, 0.1) is 0 Å².